The number of nitrogens with zero attached hydrogens (tertiary/aromatic N) is 1. The van der Waals surface area contributed by atoms with Crippen LogP contribution in [0, 0.1) is 0 Å². The summed E-state index contributed by atoms with van der Waals surface area (Å²) in [4.78, 5) is 17.2. The van der Waals surface area contributed by atoms with Gasteiger partial charge in [0.05, 0.1) is 17.4 Å². The van der Waals surface area contributed by atoms with Crippen molar-refractivity contribution >= 4 is 17.0 Å². The predicted molar refractivity (Wildman–Crippen MR) is 63.4 cm³/mol. The summed E-state index contributed by atoms with van der Waals surface area (Å²) in [7, 11) is 0. The SMILES string of the molecule is CCC(=O)OC(F)(F)CF.c1ccc2[nH]cnc2c1. The zero-order valence-corrected chi connectivity index (χ0v) is 10.2. The number of rotatable bonds is 3. The first-order valence-electron chi connectivity index (χ1n) is 5.52. The quantitative estimate of drug-likeness (QED) is 0.875. The number of ether oxygens (including phenoxy) is 1. The molecule has 0 radical (unpaired) electrons. The average Bonchev–Trinajstić information content (AvgIpc) is 2.87. The van der Waals surface area contributed by atoms with Gasteiger partial charge in [-0.25, -0.2) is 9.37 Å². The fourth-order valence-corrected chi connectivity index (χ4v) is 1.15. The molecule has 1 aromatic carbocycles. The number of H-pyrrole nitrogens is 1. The number of fused-ring (bicyclic) bond motifs is 1. The molecule has 0 amide bonds. The molecule has 0 bridgehead atoms. The Hall–Kier alpha value is -2.05. The van der Waals surface area contributed by atoms with Crippen molar-refractivity contribution < 1.29 is 22.7 Å². The molecule has 4 nitrogen and oxygen atoms in total. The number of imidazole rings is 1. The summed E-state index contributed by atoms with van der Waals surface area (Å²) >= 11 is 0. The van der Waals surface area contributed by atoms with Crippen LogP contribution < -0.4 is 0 Å². The number of aromatic nitrogens is 2. The molecule has 1 heterocycles. The maximum atomic E-state index is 11.8. The number of carbonyl (C=O) groups excluding carboxylic acids is 1. The van der Waals surface area contributed by atoms with E-state index in [9.17, 15) is 18.0 Å². The van der Waals surface area contributed by atoms with E-state index in [2.05, 4.69) is 14.7 Å². The smallest absolute Gasteiger partial charge is 0.399 e. The summed E-state index contributed by atoms with van der Waals surface area (Å²) in [5.41, 5.74) is 2.12. The van der Waals surface area contributed by atoms with Gasteiger partial charge in [0.25, 0.3) is 0 Å². The van der Waals surface area contributed by atoms with Crippen LogP contribution in [0.3, 0.4) is 0 Å². The van der Waals surface area contributed by atoms with E-state index in [0.717, 1.165) is 11.0 Å². The first kappa shape index (κ1) is 15.0. The van der Waals surface area contributed by atoms with E-state index in [-0.39, 0.29) is 6.42 Å². The Kier molecular flexibility index (Phi) is 5.35. The first-order valence-corrected chi connectivity index (χ1v) is 5.52. The van der Waals surface area contributed by atoms with Gasteiger partial charge in [-0.3, -0.25) is 4.79 Å². The Labute approximate surface area is 107 Å². The van der Waals surface area contributed by atoms with Crippen LogP contribution >= 0.6 is 0 Å². The van der Waals surface area contributed by atoms with Crippen molar-refractivity contribution in [3.8, 4) is 0 Å². The Morgan fingerprint density at radius 2 is 2.11 bits per heavy atom. The maximum Gasteiger partial charge on any atom is 0.429 e. The lowest BCUT2D eigenvalue weighted by Gasteiger charge is -2.11. The Morgan fingerprint density at radius 3 is 2.68 bits per heavy atom. The summed E-state index contributed by atoms with van der Waals surface area (Å²) in [5.74, 6) is -1.11. The van der Waals surface area contributed by atoms with Crippen molar-refractivity contribution in [3.63, 3.8) is 0 Å². The maximum absolute atomic E-state index is 11.8. The van der Waals surface area contributed by atoms with Crippen molar-refractivity contribution in [2.24, 2.45) is 0 Å². The molecule has 104 valence electrons. The monoisotopic (exact) mass is 274 g/mol. The summed E-state index contributed by atoms with van der Waals surface area (Å²) in [6, 6.07) is 7.94. The minimum absolute atomic E-state index is 0.185. The molecule has 1 aromatic heterocycles. The molecule has 0 aliphatic heterocycles. The number of para-hydroxylation sites is 2. The topological polar surface area (TPSA) is 55.0 Å². The van der Waals surface area contributed by atoms with E-state index < -0.39 is 18.8 Å². The number of benzene rings is 1. The van der Waals surface area contributed by atoms with Gasteiger partial charge in [-0.1, -0.05) is 19.1 Å². The van der Waals surface area contributed by atoms with Crippen LogP contribution in [0.5, 0.6) is 0 Å². The van der Waals surface area contributed by atoms with Crippen LogP contribution in [0.15, 0.2) is 30.6 Å². The van der Waals surface area contributed by atoms with Gasteiger partial charge in [0.2, 0.25) is 0 Å². The van der Waals surface area contributed by atoms with E-state index in [1.807, 2.05) is 24.3 Å². The number of esters is 1. The van der Waals surface area contributed by atoms with Crippen LogP contribution in [0.4, 0.5) is 13.2 Å². The van der Waals surface area contributed by atoms with Crippen LogP contribution in [-0.2, 0) is 9.53 Å². The van der Waals surface area contributed by atoms with Gasteiger partial charge < -0.3 is 9.72 Å². The molecular formula is C12H13F3N2O2. The van der Waals surface area contributed by atoms with Crippen molar-refractivity contribution in [3.05, 3.63) is 30.6 Å². The zero-order chi connectivity index (χ0) is 14.3. The highest BCUT2D eigenvalue weighted by Gasteiger charge is 2.33. The summed E-state index contributed by atoms with van der Waals surface area (Å²) < 4.78 is 38.2. The van der Waals surface area contributed by atoms with Crippen LogP contribution in [0.25, 0.3) is 11.0 Å². The second kappa shape index (κ2) is 6.77. The minimum Gasteiger partial charge on any atom is -0.399 e. The number of aromatic amines is 1. The highest BCUT2D eigenvalue weighted by molar-refractivity contribution is 5.73. The van der Waals surface area contributed by atoms with Crippen LogP contribution in [-0.4, -0.2) is 28.7 Å². The van der Waals surface area contributed by atoms with Gasteiger partial charge in [0.1, 0.15) is 0 Å². The zero-order valence-electron chi connectivity index (χ0n) is 10.2. The molecule has 19 heavy (non-hydrogen) atoms. The number of nitrogens with one attached hydrogen (secondary N) is 1. The molecule has 0 spiro atoms. The Morgan fingerprint density at radius 1 is 1.42 bits per heavy atom. The Bertz CT molecular complexity index is 498. The third-order valence-corrected chi connectivity index (χ3v) is 2.04. The molecule has 0 atom stereocenters. The van der Waals surface area contributed by atoms with Gasteiger partial charge in [0, 0.05) is 6.42 Å². The summed E-state index contributed by atoms with van der Waals surface area (Å²) in [6.07, 6.45) is -2.44. The lowest BCUT2D eigenvalue weighted by molar-refractivity contribution is -0.238. The molecule has 0 fully saturated rings. The average molecular weight is 274 g/mol. The fraction of sp³-hybridized carbons (Fsp3) is 0.333. The van der Waals surface area contributed by atoms with E-state index in [1.165, 1.54) is 6.92 Å². The van der Waals surface area contributed by atoms with Gasteiger partial charge in [-0.15, -0.1) is 0 Å². The van der Waals surface area contributed by atoms with E-state index in [1.54, 1.807) is 6.33 Å². The van der Waals surface area contributed by atoms with Crippen LogP contribution in [0.1, 0.15) is 13.3 Å². The summed E-state index contributed by atoms with van der Waals surface area (Å²) in [5, 5.41) is 0. The molecule has 1 N–H and O–H groups in total. The molecule has 2 rings (SSSR count). The standard InChI is InChI=1S/C7H6N2.C5H7F3O2/c1-2-4-7-6(3-1)8-5-9-7;1-2-4(9)10-5(7,8)3-6/h1-5H,(H,8,9);2-3H2,1H3. The lowest BCUT2D eigenvalue weighted by Crippen LogP contribution is -2.26. The third-order valence-electron chi connectivity index (χ3n) is 2.04. The third kappa shape index (κ3) is 4.99. The Balaban J connectivity index is 0.000000190. The van der Waals surface area contributed by atoms with Crippen molar-refractivity contribution in [1.82, 2.24) is 9.97 Å². The van der Waals surface area contributed by atoms with Crippen molar-refractivity contribution in [2.75, 3.05) is 6.67 Å². The van der Waals surface area contributed by atoms with Crippen molar-refractivity contribution in [1.29, 1.82) is 0 Å². The predicted octanol–water partition coefficient (Wildman–Crippen LogP) is 3.06. The summed E-state index contributed by atoms with van der Waals surface area (Å²) in [6.45, 7) is -0.630. The highest BCUT2D eigenvalue weighted by atomic mass is 19.3. The highest BCUT2D eigenvalue weighted by Crippen LogP contribution is 2.16. The van der Waals surface area contributed by atoms with E-state index in [0.29, 0.717) is 0 Å². The number of hydrogen-bond acceptors (Lipinski definition) is 3. The van der Waals surface area contributed by atoms with E-state index >= 15 is 0 Å². The fourth-order valence-electron chi connectivity index (χ4n) is 1.15. The molecular weight excluding hydrogens is 261 g/mol. The molecule has 0 aliphatic rings. The second-order valence-electron chi connectivity index (χ2n) is 3.52. The normalized spacial score (nSPS) is 10.7. The molecule has 0 aliphatic carbocycles. The number of halogens is 3. The van der Waals surface area contributed by atoms with Crippen molar-refractivity contribution in [2.45, 2.75) is 19.5 Å². The molecule has 0 saturated heterocycles. The minimum atomic E-state index is -3.95. The second-order valence-corrected chi connectivity index (χ2v) is 3.52. The number of alkyl halides is 3. The van der Waals surface area contributed by atoms with Gasteiger partial charge in [-0.05, 0) is 12.1 Å². The van der Waals surface area contributed by atoms with Crippen LogP contribution in [0.2, 0.25) is 0 Å². The molecule has 0 saturated carbocycles. The van der Waals surface area contributed by atoms with Gasteiger partial charge in [0.15, 0.2) is 6.67 Å². The number of carbonyl (C=O) groups is 1. The van der Waals surface area contributed by atoms with Gasteiger partial charge >= 0.3 is 12.1 Å². The van der Waals surface area contributed by atoms with E-state index in [4.69, 9.17) is 0 Å². The molecule has 7 heteroatoms. The lowest BCUT2D eigenvalue weighted by atomic mass is 10.3. The molecule has 2 aromatic rings. The number of hydrogen-bond donors (Lipinski definition) is 1. The van der Waals surface area contributed by atoms with Gasteiger partial charge in [-0.2, -0.15) is 8.78 Å². The largest absolute Gasteiger partial charge is 0.429 e. The molecule has 0 unspecified atom stereocenters. The first-order chi connectivity index (χ1) is 8.98.